The number of fused-ring (bicyclic) bond motifs is 2. The molecule has 0 unspecified atom stereocenters. The molecule has 2 N–H and O–H groups in total. The smallest absolute Gasteiger partial charge is 0.184 e. The number of tetrazole rings is 2. The molecule has 0 radical (unpaired) electrons. The lowest BCUT2D eigenvalue weighted by Gasteiger charge is -2.23. The lowest BCUT2D eigenvalue weighted by molar-refractivity contribution is 0.0833. The summed E-state index contributed by atoms with van der Waals surface area (Å²) in [7, 11) is 3.56. The average Bonchev–Trinajstić information content (AvgIpc) is 3.94. The number of β-amino-alcohol motifs (C(OH)–C–C–N with tert-alkyl or cyclic N) is 2. The fourth-order valence-electron chi connectivity index (χ4n) is 6.29. The maximum Gasteiger partial charge on any atom is 0.184 e. The minimum Gasteiger partial charge on any atom is -0.388 e. The number of hydrogen-bond acceptors (Lipinski definition) is 18. The zero-order valence-corrected chi connectivity index (χ0v) is 32.5. The fourth-order valence-corrected chi connectivity index (χ4v) is 6.29. The van der Waals surface area contributed by atoms with Gasteiger partial charge in [-0.25, -0.2) is 38.7 Å². The first-order chi connectivity index (χ1) is 25.3. The van der Waals surface area contributed by atoms with Gasteiger partial charge < -0.3 is 20.0 Å². The van der Waals surface area contributed by atoms with Crippen molar-refractivity contribution in [2.75, 3.05) is 36.0 Å². The van der Waals surface area contributed by atoms with E-state index in [-0.39, 0.29) is 10.8 Å². The van der Waals surface area contributed by atoms with E-state index in [1.54, 1.807) is 32.8 Å². The zero-order chi connectivity index (χ0) is 38.8. The second-order valence-corrected chi connectivity index (χ2v) is 16.9. The minimum atomic E-state index is -0.737. The van der Waals surface area contributed by atoms with Gasteiger partial charge >= 0.3 is 0 Å². The number of aliphatic hydroxyl groups is 2. The second kappa shape index (κ2) is 13.2. The van der Waals surface area contributed by atoms with E-state index in [1.165, 1.54) is 0 Å². The highest BCUT2D eigenvalue weighted by Gasteiger charge is 2.36. The zero-order valence-electron chi connectivity index (χ0n) is 32.5. The SMILES string of the molecule is Cn1nnnc1Cn1nnc2c(N3CC[C@@](C)(O)C3)nc(C(C)(C)C)nc21.Cn1nnnc1Cn1nnc2c(N3CC[C@](C)(O)C3)nc(C(C)(C)C)nc21. The van der Waals surface area contributed by atoms with E-state index in [4.69, 9.17) is 19.9 Å². The van der Waals surface area contributed by atoms with E-state index < -0.39 is 11.2 Å². The first-order valence-corrected chi connectivity index (χ1v) is 17.9. The summed E-state index contributed by atoms with van der Waals surface area (Å²) in [6.07, 6.45) is 1.37. The van der Waals surface area contributed by atoms with E-state index >= 15 is 0 Å². The maximum atomic E-state index is 10.4. The second-order valence-electron chi connectivity index (χ2n) is 16.9. The first kappa shape index (κ1) is 37.0. The summed E-state index contributed by atoms with van der Waals surface area (Å²) in [4.78, 5) is 23.2. The Labute approximate surface area is 311 Å². The molecule has 0 aromatic carbocycles. The molecule has 2 fully saturated rings. The molecule has 6 aromatic heterocycles. The van der Waals surface area contributed by atoms with E-state index in [2.05, 4.69) is 103 Å². The predicted octanol–water partition coefficient (Wildman–Crippen LogP) is 0.103. The number of rotatable bonds is 6. The summed E-state index contributed by atoms with van der Waals surface area (Å²) in [5.74, 6) is 4.15. The van der Waals surface area contributed by atoms with Crippen LogP contribution < -0.4 is 9.80 Å². The van der Waals surface area contributed by atoms with Crippen LogP contribution >= 0.6 is 0 Å². The number of hydrogen-bond donors (Lipinski definition) is 2. The van der Waals surface area contributed by atoms with Gasteiger partial charge in [-0.3, -0.25) is 0 Å². The Balaban J connectivity index is 0.000000167. The van der Waals surface area contributed by atoms with Crippen molar-refractivity contribution < 1.29 is 10.2 Å². The summed E-state index contributed by atoms with van der Waals surface area (Å²) in [5.41, 5.74) is 0.559. The van der Waals surface area contributed by atoms with E-state index in [1.807, 2.05) is 13.8 Å². The van der Waals surface area contributed by atoms with Gasteiger partial charge in [-0.2, -0.15) is 0 Å². The van der Waals surface area contributed by atoms with Gasteiger partial charge in [-0.15, -0.1) is 20.4 Å². The van der Waals surface area contributed by atoms with Crippen molar-refractivity contribution in [3.63, 3.8) is 0 Å². The molecule has 22 nitrogen and oxygen atoms in total. The molecule has 0 spiro atoms. The minimum absolute atomic E-state index is 0.243. The normalized spacial score (nSPS) is 20.7. The highest BCUT2D eigenvalue weighted by atomic mass is 16.3. The van der Waals surface area contributed by atoms with E-state index in [0.717, 1.165) is 0 Å². The van der Waals surface area contributed by atoms with Gasteiger partial charge in [0.25, 0.3) is 0 Å². The number of anilines is 2. The summed E-state index contributed by atoms with van der Waals surface area (Å²) < 4.78 is 6.57. The van der Waals surface area contributed by atoms with Crippen molar-refractivity contribution in [2.24, 2.45) is 14.1 Å². The lowest BCUT2D eigenvalue weighted by atomic mass is 9.95. The molecule has 22 heteroatoms. The molecule has 8 heterocycles. The van der Waals surface area contributed by atoms with E-state index in [0.29, 0.717) is 109 Å². The third-order valence-corrected chi connectivity index (χ3v) is 9.53. The summed E-state index contributed by atoms with van der Waals surface area (Å²) in [6.45, 7) is 19.2. The fraction of sp³-hybridized carbons (Fsp3) is 0.688. The molecular weight excluding hydrogens is 696 g/mol. The third-order valence-electron chi connectivity index (χ3n) is 9.53. The summed E-state index contributed by atoms with van der Waals surface area (Å²) >= 11 is 0. The molecule has 2 saturated heterocycles. The lowest BCUT2D eigenvalue weighted by Crippen LogP contribution is -2.31. The molecule has 6 aromatic rings. The molecule has 2 atom stereocenters. The number of aromatic nitrogens is 18. The summed E-state index contributed by atoms with van der Waals surface area (Å²) in [5, 5.41) is 61.0. The van der Waals surface area contributed by atoms with Gasteiger partial charge in [0.05, 0.1) is 11.2 Å². The summed E-state index contributed by atoms with van der Waals surface area (Å²) in [6, 6.07) is 0. The van der Waals surface area contributed by atoms with Gasteiger partial charge in [-0.05, 0) is 47.5 Å². The molecule has 0 aliphatic carbocycles. The Morgan fingerprint density at radius 1 is 0.574 bits per heavy atom. The predicted molar refractivity (Wildman–Crippen MR) is 194 cm³/mol. The van der Waals surface area contributed by atoms with Crippen LogP contribution in [0.3, 0.4) is 0 Å². The molecular formula is C32H48N20O2. The quantitative estimate of drug-likeness (QED) is 0.230. The van der Waals surface area contributed by atoms with Gasteiger partial charge in [0.1, 0.15) is 24.7 Å². The Morgan fingerprint density at radius 3 is 1.26 bits per heavy atom. The standard InChI is InChI=1S/2C16H24N10O/c2*1-15(2,3)14-17-12(25-7-6-16(4,27)9-25)11-13(18-14)26(22-20-11)8-10-19-21-23-24(10)5/h2*27H,6-9H2,1-5H3/t2*16-/m10/s1. The first-order valence-electron chi connectivity index (χ1n) is 17.9. The topological polar surface area (TPSA) is 247 Å². The Kier molecular flexibility index (Phi) is 9.02. The maximum absolute atomic E-state index is 10.4. The van der Waals surface area contributed by atoms with Crippen LogP contribution in [0.5, 0.6) is 0 Å². The van der Waals surface area contributed by atoms with Crippen molar-refractivity contribution in [2.45, 2.75) is 103 Å². The van der Waals surface area contributed by atoms with Crippen LogP contribution in [0.1, 0.15) is 91.5 Å². The van der Waals surface area contributed by atoms with Crippen molar-refractivity contribution in [1.29, 1.82) is 0 Å². The molecule has 288 valence electrons. The van der Waals surface area contributed by atoms with Gasteiger partial charge in [0.15, 0.2) is 45.6 Å². The monoisotopic (exact) mass is 744 g/mol. The highest BCUT2D eigenvalue weighted by molar-refractivity contribution is 5.84. The molecule has 54 heavy (non-hydrogen) atoms. The highest BCUT2D eigenvalue weighted by Crippen LogP contribution is 2.33. The van der Waals surface area contributed by atoms with Crippen LogP contribution in [-0.2, 0) is 38.0 Å². The molecule has 0 bridgehead atoms. The Hall–Kier alpha value is -5.38. The van der Waals surface area contributed by atoms with Crippen molar-refractivity contribution in [1.82, 2.24) is 90.3 Å². The largest absolute Gasteiger partial charge is 0.388 e. The van der Waals surface area contributed by atoms with Crippen LogP contribution in [0.15, 0.2) is 0 Å². The third kappa shape index (κ3) is 7.39. The Morgan fingerprint density at radius 2 is 0.963 bits per heavy atom. The molecule has 2 aliphatic rings. The van der Waals surface area contributed by atoms with Crippen molar-refractivity contribution in [3.8, 4) is 0 Å². The number of aryl methyl sites for hydroxylation is 2. The van der Waals surface area contributed by atoms with Gasteiger partial charge in [0.2, 0.25) is 0 Å². The molecule has 0 amide bonds. The van der Waals surface area contributed by atoms with Crippen LogP contribution in [0.2, 0.25) is 0 Å². The Bertz CT molecular complexity index is 2130. The molecule has 8 rings (SSSR count). The van der Waals surface area contributed by atoms with Crippen molar-refractivity contribution in [3.05, 3.63) is 23.3 Å². The van der Waals surface area contributed by atoms with Gasteiger partial charge in [0, 0.05) is 51.1 Å². The molecule has 0 saturated carbocycles. The van der Waals surface area contributed by atoms with E-state index in [9.17, 15) is 10.2 Å². The average molecular weight is 745 g/mol. The van der Waals surface area contributed by atoms with Crippen LogP contribution in [0.4, 0.5) is 11.6 Å². The van der Waals surface area contributed by atoms with Crippen LogP contribution in [0, 0.1) is 0 Å². The van der Waals surface area contributed by atoms with Crippen molar-refractivity contribution >= 4 is 34.0 Å². The number of nitrogens with zero attached hydrogens (tertiary/aromatic N) is 20. The molecule has 2 aliphatic heterocycles. The van der Waals surface area contributed by atoms with Crippen LogP contribution in [-0.4, -0.2) is 138 Å². The van der Waals surface area contributed by atoms with Crippen LogP contribution in [0.25, 0.3) is 22.3 Å². The van der Waals surface area contributed by atoms with Gasteiger partial charge in [-0.1, -0.05) is 52.0 Å².